The molecule has 0 bridgehead atoms. The van der Waals surface area contributed by atoms with E-state index < -0.39 is 41.9 Å². The van der Waals surface area contributed by atoms with E-state index in [1.54, 1.807) is 6.92 Å². The van der Waals surface area contributed by atoms with Crippen LogP contribution in [0, 0.1) is 0 Å². The van der Waals surface area contributed by atoms with Crippen LogP contribution in [0.3, 0.4) is 0 Å². The first-order valence-electron chi connectivity index (χ1n) is 5.85. The maximum absolute atomic E-state index is 11.8. The number of carbonyl (C=O) groups is 4. The van der Waals surface area contributed by atoms with Gasteiger partial charge in [0.25, 0.3) is 5.91 Å². The molecule has 1 aliphatic rings. The van der Waals surface area contributed by atoms with Crippen LogP contribution in [-0.2, 0) is 14.4 Å². The number of aliphatic carboxylic acids is 1. The van der Waals surface area contributed by atoms with E-state index in [2.05, 4.69) is 10.6 Å². The summed E-state index contributed by atoms with van der Waals surface area (Å²) in [5.74, 6) is -2.36. The number of imide groups is 1. The first-order valence-corrected chi connectivity index (χ1v) is 5.85. The van der Waals surface area contributed by atoms with Crippen LogP contribution in [-0.4, -0.2) is 51.9 Å². The van der Waals surface area contributed by atoms with Crippen LogP contribution in [0.2, 0.25) is 0 Å². The number of nitrogens with one attached hydrogen (secondary N) is 2. The molecule has 1 aliphatic heterocycles. The second-order valence-electron chi connectivity index (χ2n) is 4.81. The van der Waals surface area contributed by atoms with Crippen molar-refractivity contribution in [2.45, 2.75) is 38.8 Å². The summed E-state index contributed by atoms with van der Waals surface area (Å²) < 4.78 is 0. The molecule has 1 fully saturated rings. The van der Waals surface area contributed by atoms with Crippen molar-refractivity contribution < 1.29 is 24.3 Å². The lowest BCUT2D eigenvalue weighted by molar-refractivity contribution is -0.142. The molecule has 0 aliphatic carbocycles. The third kappa shape index (κ3) is 3.21. The number of hydrogen-bond donors (Lipinski definition) is 3. The lowest BCUT2D eigenvalue weighted by Crippen LogP contribution is -2.47. The van der Waals surface area contributed by atoms with Gasteiger partial charge in [0, 0.05) is 0 Å². The molecule has 0 aromatic heterocycles. The van der Waals surface area contributed by atoms with E-state index in [0.717, 1.165) is 4.90 Å². The zero-order valence-electron chi connectivity index (χ0n) is 11.0. The van der Waals surface area contributed by atoms with Gasteiger partial charge in [-0.2, -0.15) is 0 Å². The Hall–Kier alpha value is -2.12. The lowest BCUT2D eigenvalue weighted by atomic mass is 10.1. The minimum Gasteiger partial charge on any atom is -0.480 e. The van der Waals surface area contributed by atoms with Crippen molar-refractivity contribution in [1.29, 1.82) is 0 Å². The summed E-state index contributed by atoms with van der Waals surface area (Å²) in [6.07, 6.45) is 0.215. The molecule has 0 radical (unpaired) electrons. The van der Waals surface area contributed by atoms with E-state index in [0.29, 0.717) is 0 Å². The Balaban J connectivity index is 2.65. The monoisotopic (exact) mass is 271 g/mol. The number of amides is 4. The Morgan fingerprint density at radius 3 is 2.37 bits per heavy atom. The summed E-state index contributed by atoms with van der Waals surface area (Å²) in [7, 11) is 0. The van der Waals surface area contributed by atoms with Gasteiger partial charge in [-0.25, -0.2) is 9.59 Å². The Morgan fingerprint density at radius 1 is 1.42 bits per heavy atom. The maximum Gasteiger partial charge on any atom is 0.326 e. The average molecular weight is 271 g/mol. The molecule has 1 saturated heterocycles. The van der Waals surface area contributed by atoms with Gasteiger partial charge >= 0.3 is 12.0 Å². The summed E-state index contributed by atoms with van der Waals surface area (Å²) in [6.45, 7) is 4.17. The van der Waals surface area contributed by atoms with Crippen molar-refractivity contribution in [1.82, 2.24) is 15.5 Å². The molecular weight excluding hydrogens is 254 g/mol. The number of rotatable bonds is 5. The number of hydrogen-bond acceptors (Lipinski definition) is 4. The Labute approximate surface area is 110 Å². The highest BCUT2D eigenvalue weighted by molar-refractivity contribution is 6.08. The topological polar surface area (TPSA) is 116 Å². The van der Waals surface area contributed by atoms with Gasteiger partial charge in [-0.05, 0) is 20.3 Å². The largest absolute Gasteiger partial charge is 0.480 e. The van der Waals surface area contributed by atoms with Crippen LogP contribution in [0.4, 0.5) is 4.79 Å². The molecule has 0 spiro atoms. The van der Waals surface area contributed by atoms with E-state index in [-0.39, 0.29) is 6.42 Å². The molecule has 1 atom stereocenters. The number of urea groups is 1. The van der Waals surface area contributed by atoms with Crippen LogP contribution in [0.1, 0.15) is 27.2 Å². The second kappa shape index (κ2) is 5.25. The maximum atomic E-state index is 11.8. The number of carboxylic acid groups (broad SMARTS) is 1. The molecular formula is C11H17N3O5. The van der Waals surface area contributed by atoms with Gasteiger partial charge in [0.15, 0.2) is 0 Å². The molecule has 0 aromatic rings. The molecule has 1 unspecified atom stereocenters. The molecule has 0 aromatic carbocycles. The van der Waals surface area contributed by atoms with E-state index in [1.807, 2.05) is 0 Å². The first-order chi connectivity index (χ1) is 8.69. The third-order valence-electron chi connectivity index (χ3n) is 2.79. The number of carbonyl (C=O) groups excluding carboxylic acids is 3. The third-order valence-corrected chi connectivity index (χ3v) is 2.79. The van der Waals surface area contributed by atoms with Gasteiger partial charge in [0.1, 0.15) is 18.1 Å². The van der Waals surface area contributed by atoms with Crippen LogP contribution in [0.15, 0.2) is 0 Å². The van der Waals surface area contributed by atoms with Crippen molar-refractivity contribution in [3.05, 3.63) is 0 Å². The van der Waals surface area contributed by atoms with Gasteiger partial charge in [0.2, 0.25) is 5.91 Å². The van der Waals surface area contributed by atoms with Gasteiger partial charge in [-0.15, -0.1) is 0 Å². The van der Waals surface area contributed by atoms with Gasteiger partial charge in [-0.1, -0.05) is 6.92 Å². The Morgan fingerprint density at radius 2 is 2.00 bits per heavy atom. The standard InChI is InChI=1S/C11H17N3O5/c1-4-6(8(16)17)12-7(15)5-14-9(18)11(2,3)13-10(14)19/h6H,4-5H2,1-3H3,(H,12,15)(H,13,19)(H,16,17). The molecule has 8 nitrogen and oxygen atoms in total. The zero-order chi connectivity index (χ0) is 14.8. The summed E-state index contributed by atoms with van der Waals surface area (Å²) in [5.41, 5.74) is -1.05. The summed E-state index contributed by atoms with van der Waals surface area (Å²) in [5, 5.41) is 13.5. The Bertz CT molecular complexity index is 432. The quantitative estimate of drug-likeness (QED) is 0.572. The van der Waals surface area contributed by atoms with Crippen molar-refractivity contribution in [3.63, 3.8) is 0 Å². The van der Waals surface area contributed by atoms with E-state index in [4.69, 9.17) is 5.11 Å². The fourth-order valence-electron chi connectivity index (χ4n) is 1.68. The highest BCUT2D eigenvalue weighted by Gasteiger charge is 2.44. The normalized spacial score (nSPS) is 19.0. The molecule has 8 heteroatoms. The SMILES string of the molecule is CCC(NC(=O)CN1C(=O)NC(C)(C)C1=O)C(=O)O. The predicted octanol–water partition coefficient (Wildman–Crippen LogP) is -0.704. The van der Waals surface area contributed by atoms with Crippen molar-refractivity contribution in [2.75, 3.05) is 6.54 Å². The summed E-state index contributed by atoms with van der Waals surface area (Å²) in [4.78, 5) is 46.5. The minimum absolute atomic E-state index is 0.215. The van der Waals surface area contributed by atoms with Crippen molar-refractivity contribution in [2.24, 2.45) is 0 Å². The highest BCUT2D eigenvalue weighted by Crippen LogP contribution is 2.15. The van der Waals surface area contributed by atoms with Gasteiger partial charge in [0.05, 0.1) is 0 Å². The molecule has 3 N–H and O–H groups in total. The summed E-state index contributed by atoms with van der Waals surface area (Å²) in [6, 6.07) is -1.69. The lowest BCUT2D eigenvalue weighted by Gasteiger charge is -2.17. The van der Waals surface area contributed by atoms with Gasteiger partial charge in [-0.3, -0.25) is 14.5 Å². The molecule has 4 amide bonds. The Kier molecular flexibility index (Phi) is 4.13. The van der Waals surface area contributed by atoms with Gasteiger partial charge < -0.3 is 15.7 Å². The van der Waals surface area contributed by atoms with E-state index >= 15 is 0 Å². The molecule has 106 valence electrons. The fraction of sp³-hybridized carbons (Fsp3) is 0.636. The van der Waals surface area contributed by atoms with Crippen molar-refractivity contribution in [3.8, 4) is 0 Å². The highest BCUT2D eigenvalue weighted by atomic mass is 16.4. The van der Waals surface area contributed by atoms with Crippen LogP contribution in [0.25, 0.3) is 0 Å². The average Bonchev–Trinajstić information content (AvgIpc) is 2.48. The minimum atomic E-state index is -1.16. The molecule has 19 heavy (non-hydrogen) atoms. The van der Waals surface area contributed by atoms with Crippen LogP contribution >= 0.6 is 0 Å². The fourth-order valence-corrected chi connectivity index (χ4v) is 1.68. The molecule has 0 saturated carbocycles. The van der Waals surface area contributed by atoms with E-state index in [1.165, 1.54) is 13.8 Å². The van der Waals surface area contributed by atoms with Crippen LogP contribution < -0.4 is 10.6 Å². The zero-order valence-corrected chi connectivity index (χ0v) is 11.0. The summed E-state index contributed by atoms with van der Waals surface area (Å²) >= 11 is 0. The predicted molar refractivity (Wildman–Crippen MR) is 64.2 cm³/mol. The van der Waals surface area contributed by atoms with E-state index in [9.17, 15) is 19.2 Å². The second-order valence-corrected chi connectivity index (χ2v) is 4.81. The number of nitrogens with zero attached hydrogens (tertiary/aromatic N) is 1. The number of carboxylic acids is 1. The van der Waals surface area contributed by atoms with Crippen molar-refractivity contribution >= 4 is 23.8 Å². The molecule has 1 rings (SSSR count). The molecule has 1 heterocycles. The van der Waals surface area contributed by atoms with Crippen LogP contribution in [0.5, 0.6) is 0 Å². The smallest absolute Gasteiger partial charge is 0.326 e. The first kappa shape index (κ1) is 14.9.